The first kappa shape index (κ1) is 13.9. The van der Waals surface area contributed by atoms with Crippen molar-refractivity contribution < 1.29 is 5.11 Å². The molecule has 2 heteroatoms. The molecule has 0 amide bonds. The fourth-order valence-electron chi connectivity index (χ4n) is 5.77. The van der Waals surface area contributed by atoms with Crippen molar-refractivity contribution in [3.63, 3.8) is 0 Å². The molecule has 2 nitrogen and oxygen atoms in total. The lowest BCUT2D eigenvalue weighted by Gasteiger charge is -2.59. The monoisotopic (exact) mass is 265 g/mol. The van der Waals surface area contributed by atoms with E-state index in [1.807, 2.05) is 0 Å². The van der Waals surface area contributed by atoms with E-state index in [9.17, 15) is 5.11 Å². The average Bonchev–Trinajstić information content (AvgIpc) is 2.24. The van der Waals surface area contributed by atoms with Gasteiger partial charge in [-0.05, 0) is 73.5 Å². The van der Waals surface area contributed by atoms with E-state index in [1.165, 1.54) is 38.5 Å². The zero-order valence-electron chi connectivity index (χ0n) is 12.9. The van der Waals surface area contributed by atoms with Crippen molar-refractivity contribution >= 4 is 0 Å². The van der Waals surface area contributed by atoms with Gasteiger partial charge in [-0.1, -0.05) is 20.8 Å². The van der Waals surface area contributed by atoms with E-state index >= 15 is 0 Å². The van der Waals surface area contributed by atoms with E-state index in [0.29, 0.717) is 12.0 Å². The summed E-state index contributed by atoms with van der Waals surface area (Å²) in [4.78, 5) is 0. The summed E-state index contributed by atoms with van der Waals surface area (Å²) in [6, 6.07) is 0. The maximum atomic E-state index is 11.1. The van der Waals surface area contributed by atoms with Crippen molar-refractivity contribution in [3.05, 3.63) is 0 Å². The highest BCUT2D eigenvalue weighted by atomic mass is 16.3. The minimum atomic E-state index is -0.696. The minimum Gasteiger partial charge on any atom is -0.388 e. The van der Waals surface area contributed by atoms with Crippen molar-refractivity contribution in [2.24, 2.45) is 34.3 Å². The van der Waals surface area contributed by atoms with Crippen LogP contribution in [0.5, 0.6) is 0 Å². The third-order valence-electron chi connectivity index (χ3n) is 6.57. The molecule has 110 valence electrons. The summed E-state index contributed by atoms with van der Waals surface area (Å²) in [5, 5.41) is 11.1. The van der Waals surface area contributed by atoms with Crippen LogP contribution in [-0.4, -0.2) is 17.3 Å². The first-order valence-electron chi connectivity index (χ1n) is 8.18. The molecule has 0 aromatic rings. The van der Waals surface area contributed by atoms with Gasteiger partial charge in [0.05, 0.1) is 5.60 Å². The van der Waals surface area contributed by atoms with Crippen LogP contribution in [0.15, 0.2) is 0 Å². The molecule has 4 saturated carbocycles. The Hall–Kier alpha value is -0.0800. The van der Waals surface area contributed by atoms with Crippen molar-refractivity contribution in [1.82, 2.24) is 0 Å². The molecular formula is C17H31NO. The highest BCUT2D eigenvalue weighted by molar-refractivity contribution is 5.06. The molecule has 0 spiro atoms. The molecule has 4 fully saturated rings. The van der Waals surface area contributed by atoms with Crippen molar-refractivity contribution in [3.8, 4) is 0 Å². The van der Waals surface area contributed by atoms with Crippen LogP contribution in [0, 0.1) is 28.6 Å². The number of rotatable bonds is 3. The van der Waals surface area contributed by atoms with E-state index < -0.39 is 5.60 Å². The van der Waals surface area contributed by atoms with Gasteiger partial charge in [-0.2, -0.15) is 0 Å². The first-order chi connectivity index (χ1) is 8.75. The van der Waals surface area contributed by atoms with Gasteiger partial charge in [-0.3, -0.25) is 0 Å². The van der Waals surface area contributed by atoms with Crippen LogP contribution in [0.25, 0.3) is 0 Å². The highest BCUT2D eigenvalue weighted by Crippen LogP contribution is 2.63. The molecule has 1 unspecified atom stereocenters. The zero-order chi connectivity index (χ0) is 13.9. The molecule has 0 heterocycles. The van der Waals surface area contributed by atoms with Crippen LogP contribution >= 0.6 is 0 Å². The standard InChI is InChI=1S/C17H31NO/c1-15(2,3)17(19,11-18)10-16-7-12-4-13(8-16)6-14(5-12)9-16/h12-14,19H,4-11,18H2,1-3H3. The quantitative estimate of drug-likeness (QED) is 0.822. The lowest BCUT2D eigenvalue weighted by molar-refractivity contribution is -0.135. The van der Waals surface area contributed by atoms with Crippen LogP contribution in [0.1, 0.15) is 65.7 Å². The Morgan fingerprint density at radius 1 is 1.00 bits per heavy atom. The molecule has 19 heavy (non-hydrogen) atoms. The second-order valence-electron chi connectivity index (χ2n) is 9.08. The summed E-state index contributed by atoms with van der Waals surface area (Å²) in [6.07, 6.45) is 9.41. The van der Waals surface area contributed by atoms with Gasteiger partial charge in [0.1, 0.15) is 0 Å². The summed E-state index contributed by atoms with van der Waals surface area (Å²) in [7, 11) is 0. The van der Waals surface area contributed by atoms with Crippen LogP contribution in [0.2, 0.25) is 0 Å². The van der Waals surface area contributed by atoms with Gasteiger partial charge < -0.3 is 10.8 Å². The summed E-state index contributed by atoms with van der Waals surface area (Å²) in [6.45, 7) is 6.82. The van der Waals surface area contributed by atoms with Gasteiger partial charge in [0, 0.05) is 6.54 Å². The Bertz CT molecular complexity index is 321. The number of hydrogen-bond donors (Lipinski definition) is 2. The lowest BCUT2D eigenvalue weighted by Crippen LogP contribution is -2.56. The molecule has 0 radical (unpaired) electrons. The summed E-state index contributed by atoms with van der Waals surface area (Å²) in [5.41, 5.74) is 5.57. The fraction of sp³-hybridized carbons (Fsp3) is 1.00. The third kappa shape index (κ3) is 2.25. The van der Waals surface area contributed by atoms with Gasteiger partial charge in [0.15, 0.2) is 0 Å². The first-order valence-corrected chi connectivity index (χ1v) is 8.18. The van der Waals surface area contributed by atoms with Crippen LogP contribution < -0.4 is 5.73 Å². The molecule has 3 N–H and O–H groups in total. The molecule has 0 aliphatic heterocycles. The molecule has 4 aliphatic rings. The van der Waals surface area contributed by atoms with E-state index in [0.717, 1.165) is 24.2 Å². The maximum Gasteiger partial charge on any atom is 0.0822 e. The largest absolute Gasteiger partial charge is 0.388 e. The number of aliphatic hydroxyl groups is 1. The predicted molar refractivity (Wildman–Crippen MR) is 78.7 cm³/mol. The summed E-state index contributed by atoms with van der Waals surface area (Å²) >= 11 is 0. The molecule has 0 aromatic heterocycles. The lowest BCUT2D eigenvalue weighted by atomic mass is 9.47. The average molecular weight is 265 g/mol. The Morgan fingerprint density at radius 3 is 1.74 bits per heavy atom. The number of hydrogen-bond acceptors (Lipinski definition) is 2. The van der Waals surface area contributed by atoms with Crippen LogP contribution in [0.3, 0.4) is 0 Å². The molecule has 0 aromatic carbocycles. The van der Waals surface area contributed by atoms with Gasteiger partial charge in [-0.15, -0.1) is 0 Å². The topological polar surface area (TPSA) is 46.2 Å². The molecular weight excluding hydrogens is 234 g/mol. The molecule has 4 rings (SSSR count). The second kappa shape index (κ2) is 4.21. The molecule has 0 saturated heterocycles. The molecule has 4 bridgehead atoms. The minimum absolute atomic E-state index is 0.120. The van der Waals surface area contributed by atoms with Crippen molar-refractivity contribution in [1.29, 1.82) is 0 Å². The SMILES string of the molecule is CC(C)(C)C(O)(CN)CC12CC3CC(CC(C3)C1)C2. The third-order valence-corrected chi connectivity index (χ3v) is 6.57. The Labute approximate surface area is 118 Å². The van der Waals surface area contributed by atoms with Gasteiger partial charge in [0.2, 0.25) is 0 Å². The number of nitrogens with two attached hydrogens (primary N) is 1. The van der Waals surface area contributed by atoms with E-state index in [4.69, 9.17) is 5.73 Å². The fourth-order valence-corrected chi connectivity index (χ4v) is 5.77. The normalized spacial score (nSPS) is 44.4. The molecule has 4 aliphatic carbocycles. The second-order valence-corrected chi connectivity index (χ2v) is 9.08. The van der Waals surface area contributed by atoms with Crippen molar-refractivity contribution in [2.45, 2.75) is 71.3 Å². The van der Waals surface area contributed by atoms with Gasteiger partial charge in [0.25, 0.3) is 0 Å². The van der Waals surface area contributed by atoms with E-state index in [-0.39, 0.29) is 5.41 Å². The van der Waals surface area contributed by atoms with Crippen LogP contribution in [-0.2, 0) is 0 Å². The Morgan fingerprint density at radius 2 is 1.42 bits per heavy atom. The summed E-state index contributed by atoms with van der Waals surface area (Å²) < 4.78 is 0. The molecule has 1 atom stereocenters. The highest BCUT2D eigenvalue weighted by Gasteiger charge is 2.54. The van der Waals surface area contributed by atoms with E-state index in [2.05, 4.69) is 20.8 Å². The predicted octanol–water partition coefficient (Wildman–Crippen LogP) is 3.33. The smallest absolute Gasteiger partial charge is 0.0822 e. The maximum absolute atomic E-state index is 11.1. The van der Waals surface area contributed by atoms with Gasteiger partial charge in [-0.25, -0.2) is 0 Å². The Kier molecular flexibility index (Phi) is 3.07. The van der Waals surface area contributed by atoms with E-state index in [1.54, 1.807) is 0 Å². The van der Waals surface area contributed by atoms with Gasteiger partial charge >= 0.3 is 0 Å². The summed E-state index contributed by atoms with van der Waals surface area (Å²) in [5.74, 6) is 2.86. The zero-order valence-corrected chi connectivity index (χ0v) is 12.9. The van der Waals surface area contributed by atoms with Crippen LogP contribution in [0.4, 0.5) is 0 Å². The Balaban J connectivity index is 1.82. The van der Waals surface area contributed by atoms with Crippen molar-refractivity contribution in [2.75, 3.05) is 6.54 Å².